The second-order valence-corrected chi connectivity index (χ2v) is 9.23. The molecule has 0 spiro atoms. The molecule has 0 aliphatic carbocycles. The maximum absolute atomic E-state index is 9.07. The molecule has 0 saturated carbocycles. The molecule has 1 atom stereocenters. The SMILES string of the molecule is CCCCCCCS(C)(OOO)[Si]O. The van der Waals surface area contributed by atoms with Gasteiger partial charge in [-0.15, -0.1) is 0 Å². The Hall–Kier alpha value is 0.407. The molecule has 4 nitrogen and oxygen atoms in total. The molecule has 0 aromatic rings. The lowest BCUT2D eigenvalue weighted by Crippen LogP contribution is -2.14. The third-order valence-electron chi connectivity index (χ3n) is 2.01. The molecular weight excluding hydrogens is 220 g/mol. The summed E-state index contributed by atoms with van der Waals surface area (Å²) in [6.45, 7) is 2.17. The lowest BCUT2D eigenvalue weighted by atomic mass is 10.2. The van der Waals surface area contributed by atoms with E-state index in [1.54, 1.807) is 0 Å². The summed E-state index contributed by atoms with van der Waals surface area (Å²) >= 11 is 0. The Morgan fingerprint density at radius 1 is 1.21 bits per heavy atom. The van der Waals surface area contributed by atoms with Crippen LogP contribution in [0.4, 0.5) is 0 Å². The number of hydrogen-bond acceptors (Lipinski definition) is 4. The van der Waals surface area contributed by atoms with Crippen molar-refractivity contribution in [2.24, 2.45) is 0 Å². The summed E-state index contributed by atoms with van der Waals surface area (Å²) in [6.07, 6.45) is 7.67. The predicted molar refractivity (Wildman–Crippen MR) is 59.9 cm³/mol. The van der Waals surface area contributed by atoms with Gasteiger partial charge in [-0.3, -0.25) is 0 Å². The first-order valence-electron chi connectivity index (χ1n) is 4.85. The fourth-order valence-corrected chi connectivity index (χ4v) is 3.11. The Balaban J connectivity index is 3.51. The van der Waals surface area contributed by atoms with Crippen LogP contribution < -0.4 is 0 Å². The molecular formula is C8H20O4SSi. The zero-order valence-electron chi connectivity index (χ0n) is 8.86. The lowest BCUT2D eigenvalue weighted by molar-refractivity contribution is -0.434. The molecule has 6 heteroatoms. The molecule has 0 aliphatic heterocycles. The molecule has 0 aromatic heterocycles. The van der Waals surface area contributed by atoms with E-state index in [9.17, 15) is 0 Å². The first-order valence-corrected chi connectivity index (χ1v) is 8.66. The predicted octanol–water partition coefficient (Wildman–Crippen LogP) is 2.25. The van der Waals surface area contributed by atoms with Crippen molar-refractivity contribution in [2.75, 3.05) is 12.0 Å². The minimum atomic E-state index is -1.60. The molecule has 2 N–H and O–H groups in total. The summed E-state index contributed by atoms with van der Waals surface area (Å²) in [6, 6.07) is 0. The first-order chi connectivity index (χ1) is 6.68. The minimum Gasteiger partial charge on any atom is -0.422 e. The molecule has 0 aromatic carbocycles. The molecule has 0 fully saturated rings. The Labute approximate surface area is 89.6 Å². The van der Waals surface area contributed by atoms with Gasteiger partial charge in [-0.25, -0.2) is 5.26 Å². The topological polar surface area (TPSA) is 58.9 Å². The minimum absolute atomic E-state index is 0.303. The van der Waals surface area contributed by atoms with Crippen LogP contribution >= 0.6 is 9.76 Å². The Morgan fingerprint density at radius 3 is 2.36 bits per heavy atom. The second kappa shape index (κ2) is 8.69. The fourth-order valence-electron chi connectivity index (χ4n) is 1.14. The molecule has 0 bridgehead atoms. The Morgan fingerprint density at radius 2 is 1.86 bits per heavy atom. The third-order valence-corrected chi connectivity index (χ3v) is 5.80. The maximum Gasteiger partial charge on any atom is 0.319 e. The van der Waals surface area contributed by atoms with Gasteiger partial charge in [0.15, 0.2) is 0 Å². The molecule has 0 amide bonds. The van der Waals surface area contributed by atoms with Gasteiger partial charge in [0.2, 0.25) is 0 Å². The van der Waals surface area contributed by atoms with E-state index in [1.807, 2.05) is 6.26 Å². The highest BCUT2D eigenvalue weighted by atomic mass is 32.5. The quantitative estimate of drug-likeness (QED) is 0.281. The molecule has 86 valence electrons. The fraction of sp³-hybridized carbons (Fsp3) is 1.00. The monoisotopic (exact) mass is 240 g/mol. The lowest BCUT2D eigenvalue weighted by Gasteiger charge is -2.27. The highest BCUT2D eigenvalue weighted by Crippen LogP contribution is 2.43. The van der Waals surface area contributed by atoms with Crippen LogP contribution in [0.1, 0.15) is 39.0 Å². The van der Waals surface area contributed by atoms with E-state index < -0.39 is 9.76 Å². The standard InChI is InChI=1S/C8H20O4SSi/c1-3-4-5-6-7-8-13(2,14-10)12-11-9/h9-10H,3-8H2,1-2H3. The molecule has 2 radical (unpaired) electrons. The van der Waals surface area contributed by atoms with E-state index in [0.29, 0.717) is 0 Å². The molecule has 0 heterocycles. The van der Waals surface area contributed by atoms with Crippen molar-refractivity contribution in [3.8, 4) is 0 Å². The number of unbranched alkanes of at least 4 members (excludes halogenated alkanes) is 4. The Bertz CT molecular complexity index is 139. The largest absolute Gasteiger partial charge is 0.422 e. The van der Waals surface area contributed by atoms with Crippen LogP contribution in [0, 0.1) is 0 Å². The van der Waals surface area contributed by atoms with Gasteiger partial charge in [0.05, 0.1) is 0 Å². The third kappa shape index (κ3) is 6.80. The van der Waals surface area contributed by atoms with Crippen LogP contribution in [-0.4, -0.2) is 31.0 Å². The normalized spacial score (nSPS) is 17.7. The summed E-state index contributed by atoms with van der Waals surface area (Å²) in [7, 11) is -1.91. The van der Waals surface area contributed by atoms with Crippen molar-refractivity contribution in [3.63, 3.8) is 0 Å². The van der Waals surface area contributed by atoms with E-state index in [1.165, 1.54) is 19.3 Å². The summed E-state index contributed by atoms with van der Waals surface area (Å²) < 4.78 is 4.69. The summed E-state index contributed by atoms with van der Waals surface area (Å²) in [5.41, 5.74) is 0. The van der Waals surface area contributed by atoms with Gasteiger partial charge in [0, 0.05) is 0 Å². The zero-order chi connectivity index (χ0) is 10.9. The van der Waals surface area contributed by atoms with E-state index in [0.717, 1.165) is 18.6 Å². The van der Waals surface area contributed by atoms with E-state index in [2.05, 4.69) is 16.3 Å². The van der Waals surface area contributed by atoms with Crippen LogP contribution in [0.25, 0.3) is 0 Å². The van der Waals surface area contributed by atoms with Gasteiger partial charge in [-0.2, -0.15) is 4.33 Å². The van der Waals surface area contributed by atoms with Gasteiger partial charge in [-0.1, -0.05) is 47.4 Å². The van der Waals surface area contributed by atoms with Gasteiger partial charge in [-0.05, 0) is 18.4 Å². The van der Waals surface area contributed by atoms with Gasteiger partial charge < -0.3 is 4.80 Å². The average Bonchev–Trinajstić information content (AvgIpc) is 2.18. The first kappa shape index (κ1) is 14.4. The van der Waals surface area contributed by atoms with Crippen LogP contribution in [-0.2, 0) is 9.37 Å². The van der Waals surface area contributed by atoms with E-state index in [4.69, 9.17) is 10.1 Å². The average molecular weight is 240 g/mol. The number of hydrogen-bond donors (Lipinski definition) is 2. The molecule has 1 unspecified atom stereocenters. The van der Waals surface area contributed by atoms with Crippen molar-refractivity contribution in [1.29, 1.82) is 0 Å². The summed E-state index contributed by atoms with van der Waals surface area (Å²) in [5.74, 6) is 0.784. The Kier molecular flexibility index (Phi) is 8.95. The summed E-state index contributed by atoms with van der Waals surface area (Å²) in [4.78, 5) is 9.07. The van der Waals surface area contributed by atoms with Crippen LogP contribution in [0.5, 0.6) is 0 Å². The van der Waals surface area contributed by atoms with E-state index >= 15 is 0 Å². The van der Waals surface area contributed by atoms with Crippen molar-refractivity contribution < 1.29 is 19.4 Å². The molecule has 0 aliphatic rings. The highest BCUT2D eigenvalue weighted by molar-refractivity contribution is 8.47. The second-order valence-electron chi connectivity index (χ2n) is 3.36. The van der Waals surface area contributed by atoms with Gasteiger partial charge in [0.1, 0.15) is 0 Å². The van der Waals surface area contributed by atoms with Crippen molar-refractivity contribution >= 4 is 18.7 Å². The molecule has 0 saturated heterocycles. The van der Waals surface area contributed by atoms with Gasteiger partial charge >= 0.3 is 8.91 Å². The number of rotatable bonds is 9. The highest BCUT2D eigenvalue weighted by Gasteiger charge is 2.21. The molecule has 14 heavy (non-hydrogen) atoms. The van der Waals surface area contributed by atoms with Gasteiger partial charge in [0.25, 0.3) is 0 Å². The van der Waals surface area contributed by atoms with Crippen LogP contribution in [0.3, 0.4) is 0 Å². The zero-order valence-corrected chi connectivity index (χ0v) is 10.7. The smallest absolute Gasteiger partial charge is 0.319 e. The van der Waals surface area contributed by atoms with Crippen molar-refractivity contribution in [2.45, 2.75) is 39.0 Å². The van der Waals surface area contributed by atoms with Crippen molar-refractivity contribution in [1.82, 2.24) is 0 Å². The van der Waals surface area contributed by atoms with E-state index in [-0.39, 0.29) is 8.91 Å². The van der Waals surface area contributed by atoms with Crippen molar-refractivity contribution in [3.05, 3.63) is 0 Å². The summed E-state index contributed by atoms with van der Waals surface area (Å²) in [5, 5.41) is 11.8. The van der Waals surface area contributed by atoms with Crippen LogP contribution in [0.2, 0.25) is 0 Å². The molecule has 0 rings (SSSR count). The maximum atomic E-state index is 9.07. The van der Waals surface area contributed by atoms with Crippen LogP contribution in [0.15, 0.2) is 0 Å².